The summed E-state index contributed by atoms with van der Waals surface area (Å²) in [4.78, 5) is 0. The maximum atomic E-state index is 10.4. The summed E-state index contributed by atoms with van der Waals surface area (Å²) in [5.74, 6) is 0.850. The number of hydrogen-bond acceptors (Lipinski definition) is 12. The summed E-state index contributed by atoms with van der Waals surface area (Å²) in [6.07, 6.45) is -4.75. The van der Waals surface area contributed by atoms with Crippen LogP contribution in [-0.2, 0) is 4.74 Å². The van der Waals surface area contributed by atoms with Crippen molar-refractivity contribution in [3.05, 3.63) is 47.0 Å². The van der Waals surface area contributed by atoms with E-state index in [2.05, 4.69) is 0 Å². The molecule has 7 unspecified atom stereocenters. The van der Waals surface area contributed by atoms with Gasteiger partial charge >= 0.3 is 0 Å². The molecule has 2 aromatic carbocycles. The van der Waals surface area contributed by atoms with E-state index in [-0.39, 0.29) is 30.5 Å². The molecule has 2 heterocycles. The third-order valence-corrected chi connectivity index (χ3v) is 6.84. The summed E-state index contributed by atoms with van der Waals surface area (Å²) in [5, 5.41) is 59.6. The van der Waals surface area contributed by atoms with Gasteiger partial charge in [-0.15, -0.1) is 0 Å². The van der Waals surface area contributed by atoms with Gasteiger partial charge < -0.3 is 59.1 Å². The van der Waals surface area contributed by atoms with Crippen LogP contribution in [0.3, 0.4) is 0 Å². The second-order valence-corrected chi connectivity index (χ2v) is 9.12. The Bertz CT molecular complexity index is 1140. The van der Waals surface area contributed by atoms with E-state index in [1.54, 1.807) is 30.4 Å². The molecule has 2 aliphatic heterocycles. The Balaban J connectivity index is 1.70. The smallest absolute Gasteiger partial charge is 0.229 e. The van der Waals surface area contributed by atoms with Crippen molar-refractivity contribution in [1.29, 1.82) is 0 Å². The van der Waals surface area contributed by atoms with Crippen LogP contribution in [-0.4, -0.2) is 102 Å². The van der Waals surface area contributed by atoms with Gasteiger partial charge in [-0.3, -0.25) is 0 Å². The Morgan fingerprint density at radius 3 is 2.05 bits per heavy atom. The predicted octanol–water partition coefficient (Wildman–Crippen LogP) is 0.106. The summed E-state index contributed by atoms with van der Waals surface area (Å²) in [7, 11) is 4.31. The Morgan fingerprint density at radius 2 is 1.49 bits per heavy atom. The second-order valence-electron chi connectivity index (χ2n) is 9.12. The lowest BCUT2D eigenvalue weighted by Crippen LogP contribution is -2.60. The molecular weight excluding hydrogens is 516 g/mol. The molecule has 0 aliphatic carbocycles. The molecule has 39 heavy (non-hydrogen) atoms. The highest BCUT2D eigenvalue weighted by atomic mass is 16.7. The highest BCUT2D eigenvalue weighted by molar-refractivity contribution is 5.63. The number of hydrogen-bond donors (Lipinski definition) is 6. The SMILES string of the molecule is COc1cc(C2Oc3c(OC)cc(/C=C/CO)cc3C2CO)cc(OC)c1OC1OC(CO)C(O)C(O)C1O. The molecule has 12 heteroatoms. The van der Waals surface area contributed by atoms with Crippen molar-refractivity contribution in [2.75, 3.05) is 41.2 Å². The molecule has 2 aromatic rings. The van der Waals surface area contributed by atoms with Crippen LogP contribution in [0.15, 0.2) is 30.3 Å². The van der Waals surface area contributed by atoms with Gasteiger partial charge in [-0.1, -0.05) is 12.2 Å². The van der Waals surface area contributed by atoms with E-state index >= 15 is 0 Å². The molecule has 0 saturated carbocycles. The highest BCUT2D eigenvalue weighted by Gasteiger charge is 2.45. The first kappa shape index (κ1) is 28.9. The van der Waals surface area contributed by atoms with Crippen molar-refractivity contribution < 1.29 is 59.1 Å². The first-order valence-corrected chi connectivity index (χ1v) is 12.3. The fraction of sp³-hybridized carbons (Fsp3) is 0.481. The quantitative estimate of drug-likeness (QED) is 0.236. The number of ether oxygens (including phenoxy) is 6. The number of methoxy groups -OCH3 is 3. The van der Waals surface area contributed by atoms with Crippen LogP contribution >= 0.6 is 0 Å². The van der Waals surface area contributed by atoms with E-state index in [0.29, 0.717) is 17.1 Å². The van der Waals surface area contributed by atoms with Crippen molar-refractivity contribution in [3.63, 3.8) is 0 Å². The van der Waals surface area contributed by atoms with Crippen LogP contribution in [0.2, 0.25) is 0 Å². The van der Waals surface area contributed by atoms with Gasteiger partial charge in [0, 0.05) is 11.1 Å². The van der Waals surface area contributed by atoms with Gasteiger partial charge in [0.15, 0.2) is 23.0 Å². The van der Waals surface area contributed by atoms with E-state index in [0.717, 1.165) is 11.1 Å². The van der Waals surface area contributed by atoms with Crippen molar-refractivity contribution >= 4 is 6.08 Å². The summed E-state index contributed by atoms with van der Waals surface area (Å²) in [6, 6.07) is 6.87. The van der Waals surface area contributed by atoms with E-state index in [4.69, 9.17) is 33.5 Å². The summed E-state index contributed by atoms with van der Waals surface area (Å²) < 4.78 is 34.2. The molecule has 6 N–H and O–H groups in total. The van der Waals surface area contributed by atoms with Gasteiger partial charge in [-0.25, -0.2) is 0 Å². The van der Waals surface area contributed by atoms with E-state index in [1.807, 2.05) is 6.07 Å². The molecular formula is C27H34O12. The first-order valence-electron chi connectivity index (χ1n) is 12.3. The van der Waals surface area contributed by atoms with Crippen LogP contribution in [0.1, 0.15) is 28.7 Å². The average Bonchev–Trinajstić information content (AvgIpc) is 3.34. The standard InChI is InChI=1S/C27H34O12/c1-34-17-8-13(5-4-6-28)7-15-16(11-29)24(38-25(15)17)14-9-18(35-2)26(19(10-14)36-3)39-27-23(33)22(32)21(31)20(12-30)37-27/h4-5,7-10,16,20-24,27-33H,6,11-12H2,1-3H3/b5-4+. The zero-order chi connectivity index (χ0) is 28.3. The second kappa shape index (κ2) is 12.4. The van der Waals surface area contributed by atoms with Crippen LogP contribution in [0.25, 0.3) is 6.08 Å². The molecule has 1 fully saturated rings. The first-order chi connectivity index (χ1) is 18.8. The summed E-state index contributed by atoms with van der Waals surface area (Å²) >= 11 is 0. The lowest BCUT2D eigenvalue weighted by molar-refractivity contribution is -0.277. The number of rotatable bonds is 10. The topological polar surface area (TPSA) is 177 Å². The molecule has 2 aliphatic rings. The predicted molar refractivity (Wildman–Crippen MR) is 136 cm³/mol. The lowest BCUT2D eigenvalue weighted by Gasteiger charge is -2.39. The van der Waals surface area contributed by atoms with Gasteiger partial charge in [0.1, 0.15) is 30.5 Å². The fourth-order valence-corrected chi connectivity index (χ4v) is 4.81. The zero-order valence-electron chi connectivity index (χ0n) is 21.8. The zero-order valence-corrected chi connectivity index (χ0v) is 21.8. The molecule has 0 aromatic heterocycles. The Kier molecular flexibility index (Phi) is 9.18. The Morgan fingerprint density at radius 1 is 0.821 bits per heavy atom. The monoisotopic (exact) mass is 550 g/mol. The van der Waals surface area contributed by atoms with Crippen LogP contribution in [0.5, 0.6) is 28.7 Å². The number of benzene rings is 2. The van der Waals surface area contributed by atoms with Gasteiger partial charge in [0.2, 0.25) is 12.0 Å². The van der Waals surface area contributed by atoms with Crippen molar-refractivity contribution in [3.8, 4) is 28.7 Å². The van der Waals surface area contributed by atoms with E-state index in [9.17, 15) is 25.5 Å². The number of aliphatic hydroxyl groups excluding tert-OH is 6. The summed E-state index contributed by atoms with van der Waals surface area (Å²) in [6.45, 7) is -0.984. The van der Waals surface area contributed by atoms with Crippen LogP contribution < -0.4 is 23.7 Å². The van der Waals surface area contributed by atoms with Crippen molar-refractivity contribution in [2.45, 2.75) is 42.7 Å². The average molecular weight is 551 g/mol. The molecule has 7 atom stereocenters. The largest absolute Gasteiger partial charge is 0.493 e. The van der Waals surface area contributed by atoms with Crippen molar-refractivity contribution in [1.82, 2.24) is 0 Å². The third-order valence-electron chi connectivity index (χ3n) is 6.84. The number of aliphatic hydroxyl groups is 6. The molecule has 12 nitrogen and oxygen atoms in total. The van der Waals surface area contributed by atoms with Crippen molar-refractivity contribution in [2.24, 2.45) is 0 Å². The third kappa shape index (κ3) is 5.50. The minimum atomic E-state index is -1.63. The summed E-state index contributed by atoms with van der Waals surface area (Å²) in [5.41, 5.74) is 2.06. The van der Waals surface area contributed by atoms with Gasteiger partial charge in [0.25, 0.3) is 0 Å². The van der Waals surface area contributed by atoms with Gasteiger partial charge in [-0.2, -0.15) is 0 Å². The van der Waals surface area contributed by atoms with Crippen LogP contribution in [0.4, 0.5) is 0 Å². The molecule has 214 valence electrons. The molecule has 0 radical (unpaired) electrons. The van der Waals surface area contributed by atoms with E-state index < -0.39 is 49.3 Å². The molecule has 4 rings (SSSR count). The minimum absolute atomic E-state index is 0.0400. The lowest BCUT2D eigenvalue weighted by atomic mass is 9.90. The maximum Gasteiger partial charge on any atom is 0.229 e. The molecule has 0 amide bonds. The molecule has 1 saturated heterocycles. The fourth-order valence-electron chi connectivity index (χ4n) is 4.81. The van der Waals surface area contributed by atoms with Gasteiger partial charge in [0.05, 0.1) is 47.1 Å². The minimum Gasteiger partial charge on any atom is -0.493 e. The van der Waals surface area contributed by atoms with E-state index in [1.165, 1.54) is 21.3 Å². The molecule has 0 bridgehead atoms. The number of fused-ring (bicyclic) bond motifs is 1. The Hall–Kier alpha value is -3.10. The van der Waals surface area contributed by atoms with Gasteiger partial charge in [-0.05, 0) is 29.8 Å². The maximum absolute atomic E-state index is 10.4. The highest BCUT2D eigenvalue weighted by Crippen LogP contribution is 2.53. The normalized spacial score (nSPS) is 28.2. The molecule has 0 spiro atoms. The van der Waals surface area contributed by atoms with Crippen LogP contribution in [0, 0.1) is 0 Å². The Labute approximate surface area is 225 Å².